The zero-order valence-electron chi connectivity index (χ0n) is 9.15. The van der Waals surface area contributed by atoms with E-state index in [-0.39, 0.29) is 22.3 Å². The zero-order valence-corrected chi connectivity index (χ0v) is 14.3. The fourth-order valence-electron chi connectivity index (χ4n) is 0.750. The summed E-state index contributed by atoms with van der Waals surface area (Å²) in [7, 11) is -0.214. The van der Waals surface area contributed by atoms with Gasteiger partial charge in [-0.2, -0.15) is 0 Å². The van der Waals surface area contributed by atoms with Crippen molar-refractivity contribution in [2.75, 3.05) is 30.9 Å². The number of hydrogen-bond donors (Lipinski definition) is 0. The van der Waals surface area contributed by atoms with Gasteiger partial charge in [-0.15, -0.1) is 0 Å². The molecule has 1 unspecified atom stereocenters. The van der Waals surface area contributed by atoms with Gasteiger partial charge < -0.3 is 4.74 Å². The summed E-state index contributed by atoms with van der Waals surface area (Å²) in [5, 5.41) is 0. The lowest BCUT2D eigenvalue weighted by Crippen LogP contribution is -2.26. The van der Waals surface area contributed by atoms with E-state index >= 15 is 0 Å². The monoisotopic (exact) mass is 475 g/mol. The van der Waals surface area contributed by atoms with Crippen LogP contribution >= 0.6 is 45.2 Å². The lowest BCUT2D eigenvalue weighted by molar-refractivity contribution is -0.142. The van der Waals surface area contributed by atoms with Crippen molar-refractivity contribution in [3.8, 4) is 0 Å². The number of carbonyl (C=O) groups excluding carboxylic acids is 1. The molecule has 0 spiro atoms. The van der Waals surface area contributed by atoms with E-state index in [4.69, 9.17) is 4.74 Å². The maximum atomic E-state index is 11.3. The molecule has 0 saturated carbocycles. The van der Waals surface area contributed by atoms with Crippen LogP contribution in [0.1, 0.15) is 6.42 Å². The van der Waals surface area contributed by atoms with Crippen molar-refractivity contribution in [2.24, 2.45) is 0 Å². The van der Waals surface area contributed by atoms with Gasteiger partial charge in [0.15, 0.2) is 0 Å². The van der Waals surface area contributed by atoms with E-state index in [9.17, 15) is 13.2 Å². The molecule has 0 amide bonds. The van der Waals surface area contributed by atoms with E-state index in [1.165, 1.54) is 18.4 Å². The fourth-order valence-corrected chi connectivity index (χ4v) is 2.14. The van der Waals surface area contributed by atoms with Gasteiger partial charge in [0.2, 0.25) is 10.0 Å². The minimum atomic E-state index is -3.18. The first kappa shape index (κ1) is 16.8. The summed E-state index contributed by atoms with van der Waals surface area (Å²) in [6.07, 6.45) is 0.330. The van der Waals surface area contributed by atoms with Gasteiger partial charge in [-0.3, -0.25) is 4.79 Å². The molecule has 0 radical (unpaired) electrons. The molecule has 5 nitrogen and oxygen atoms in total. The van der Waals surface area contributed by atoms with Crippen LogP contribution in [0.25, 0.3) is 0 Å². The molecule has 0 rings (SSSR count). The van der Waals surface area contributed by atoms with Gasteiger partial charge >= 0.3 is 5.97 Å². The molecule has 0 aliphatic carbocycles. The van der Waals surface area contributed by atoms with Crippen LogP contribution in [0.2, 0.25) is 0 Å². The molecule has 96 valence electrons. The van der Waals surface area contributed by atoms with Crippen LogP contribution in [0.4, 0.5) is 0 Å². The van der Waals surface area contributed by atoms with Gasteiger partial charge in [-0.05, 0) is 6.42 Å². The predicted octanol–water partition coefficient (Wildman–Crippen LogP) is 1.05. The quantitative estimate of drug-likeness (QED) is 0.239. The summed E-state index contributed by atoms with van der Waals surface area (Å²) in [6, 6.07) is 0. The Hall–Kier alpha value is 0.840. The molecule has 16 heavy (non-hydrogen) atoms. The highest BCUT2D eigenvalue weighted by Gasteiger charge is 2.16. The summed E-state index contributed by atoms with van der Waals surface area (Å²) in [5.41, 5.74) is 0. The molecule has 0 heterocycles. The van der Waals surface area contributed by atoms with Crippen LogP contribution in [0.15, 0.2) is 0 Å². The third-order valence-corrected chi connectivity index (χ3v) is 7.17. The Morgan fingerprint density at radius 2 is 2.00 bits per heavy atom. The van der Waals surface area contributed by atoms with Crippen LogP contribution < -0.4 is 0 Å². The number of alkyl halides is 2. The van der Waals surface area contributed by atoms with Crippen molar-refractivity contribution in [2.45, 2.75) is 10.3 Å². The van der Waals surface area contributed by atoms with E-state index < -0.39 is 10.0 Å². The van der Waals surface area contributed by atoms with E-state index in [2.05, 4.69) is 22.6 Å². The van der Waals surface area contributed by atoms with Gasteiger partial charge in [0.25, 0.3) is 0 Å². The van der Waals surface area contributed by atoms with Crippen LogP contribution in [0, 0.1) is 0 Å². The van der Waals surface area contributed by atoms with E-state index in [1.54, 1.807) is 0 Å². The van der Waals surface area contributed by atoms with Crippen LogP contribution in [-0.2, 0) is 19.6 Å². The number of ether oxygens (including phenoxy) is 1. The molecule has 0 aliphatic heterocycles. The number of hydrogen-bond acceptors (Lipinski definition) is 4. The zero-order chi connectivity index (χ0) is 12.8. The Bertz CT molecular complexity index is 318. The lowest BCUT2D eigenvalue weighted by atomic mass is 10.5. The SMILES string of the molecule is CN(C)S(=O)(=O)CCCOC(=O)C(I)CI. The molecule has 0 aliphatic rings. The third-order valence-electron chi connectivity index (χ3n) is 1.74. The van der Waals surface area contributed by atoms with Gasteiger partial charge in [-0.25, -0.2) is 12.7 Å². The molecule has 0 bridgehead atoms. The van der Waals surface area contributed by atoms with Gasteiger partial charge in [0, 0.05) is 18.5 Å². The van der Waals surface area contributed by atoms with Gasteiger partial charge in [0.1, 0.15) is 3.92 Å². The molecule has 1 atom stereocenters. The van der Waals surface area contributed by atoms with Crippen LogP contribution in [0.5, 0.6) is 0 Å². The highest BCUT2D eigenvalue weighted by Crippen LogP contribution is 2.07. The molecule has 0 aromatic carbocycles. The molecule has 0 saturated heterocycles. The number of nitrogens with zero attached hydrogens (tertiary/aromatic N) is 1. The highest BCUT2D eigenvalue weighted by atomic mass is 127. The Balaban J connectivity index is 3.82. The fraction of sp³-hybridized carbons (Fsp3) is 0.875. The Labute approximate surface area is 124 Å². The first-order valence-corrected chi connectivity index (χ1v) is 8.96. The number of carbonyl (C=O) groups is 1. The molecular weight excluding hydrogens is 460 g/mol. The minimum absolute atomic E-state index is 0.00340. The third kappa shape index (κ3) is 6.55. The summed E-state index contributed by atoms with van der Waals surface area (Å²) < 4.78 is 29.3. The molecule has 8 heteroatoms. The van der Waals surface area contributed by atoms with E-state index in [0.717, 1.165) is 0 Å². The largest absolute Gasteiger partial charge is 0.465 e. The van der Waals surface area contributed by atoms with E-state index in [1.807, 2.05) is 22.6 Å². The Morgan fingerprint density at radius 3 is 2.44 bits per heavy atom. The number of sulfonamides is 1. The maximum absolute atomic E-state index is 11.3. The van der Waals surface area contributed by atoms with Crippen molar-refractivity contribution in [3.63, 3.8) is 0 Å². The second-order valence-electron chi connectivity index (χ2n) is 3.24. The number of esters is 1. The smallest absolute Gasteiger partial charge is 0.319 e. The van der Waals surface area contributed by atoms with Crippen molar-refractivity contribution < 1.29 is 17.9 Å². The molecular formula is C8H15I2NO4S. The topological polar surface area (TPSA) is 63.7 Å². The summed E-state index contributed by atoms with van der Waals surface area (Å²) in [4.78, 5) is 11.2. The van der Waals surface area contributed by atoms with Crippen molar-refractivity contribution in [1.29, 1.82) is 0 Å². The van der Waals surface area contributed by atoms with Gasteiger partial charge in [0.05, 0.1) is 12.4 Å². The second-order valence-corrected chi connectivity index (χ2v) is 7.93. The highest BCUT2D eigenvalue weighted by molar-refractivity contribution is 14.1. The van der Waals surface area contributed by atoms with E-state index in [0.29, 0.717) is 10.8 Å². The predicted molar refractivity (Wildman–Crippen MR) is 79.7 cm³/mol. The minimum Gasteiger partial charge on any atom is -0.465 e. The van der Waals surface area contributed by atoms with Gasteiger partial charge in [-0.1, -0.05) is 45.2 Å². The lowest BCUT2D eigenvalue weighted by Gasteiger charge is -2.11. The first-order chi connectivity index (χ1) is 7.31. The Kier molecular flexibility index (Phi) is 8.45. The summed E-state index contributed by atoms with van der Waals surface area (Å²) in [6.45, 7) is 0.155. The maximum Gasteiger partial charge on any atom is 0.319 e. The first-order valence-electron chi connectivity index (χ1n) is 4.58. The van der Waals surface area contributed by atoms with Crippen molar-refractivity contribution in [3.05, 3.63) is 0 Å². The average molecular weight is 475 g/mol. The molecule has 0 aromatic heterocycles. The summed E-state index contributed by atoms with van der Waals surface area (Å²) in [5.74, 6) is -0.277. The molecule has 0 aromatic rings. The van der Waals surface area contributed by atoms with Crippen LogP contribution in [-0.4, -0.2) is 53.5 Å². The second kappa shape index (κ2) is 8.03. The number of halogens is 2. The Morgan fingerprint density at radius 1 is 1.44 bits per heavy atom. The normalized spacial score (nSPS) is 13.8. The van der Waals surface area contributed by atoms with Crippen molar-refractivity contribution in [1.82, 2.24) is 4.31 Å². The summed E-state index contributed by atoms with van der Waals surface area (Å²) >= 11 is 4.10. The number of rotatable bonds is 7. The molecule has 0 N–H and O–H groups in total. The molecule has 0 fully saturated rings. The van der Waals surface area contributed by atoms with Crippen molar-refractivity contribution >= 4 is 61.2 Å². The standard InChI is InChI=1S/C8H15I2NO4S/c1-11(2)16(13,14)5-3-4-15-8(12)7(10)6-9/h7H,3-6H2,1-2H3. The van der Waals surface area contributed by atoms with Crippen LogP contribution in [0.3, 0.4) is 0 Å². The average Bonchev–Trinajstić information content (AvgIpc) is 2.22.